The average molecular weight is 623 g/mol. The monoisotopic (exact) mass is 621 g/mol. The van der Waals surface area contributed by atoms with Crippen molar-refractivity contribution < 1.29 is 27.5 Å². The summed E-state index contributed by atoms with van der Waals surface area (Å²) >= 11 is 12.3. The first-order valence-corrected chi connectivity index (χ1v) is 14.9. The van der Waals surface area contributed by atoms with Crippen LogP contribution in [0.1, 0.15) is 24.5 Å². The fourth-order valence-corrected chi connectivity index (χ4v) is 5.99. The van der Waals surface area contributed by atoms with Gasteiger partial charge >= 0.3 is 0 Å². The summed E-state index contributed by atoms with van der Waals surface area (Å²) in [5.74, 6) is -0.315. The van der Waals surface area contributed by atoms with E-state index >= 15 is 0 Å². The summed E-state index contributed by atoms with van der Waals surface area (Å²) in [7, 11) is 0.135. The second-order valence-electron chi connectivity index (χ2n) is 9.17. The molecule has 12 heteroatoms. The average Bonchev–Trinajstić information content (AvgIpc) is 2.97. The second-order valence-corrected chi connectivity index (χ2v) is 11.8. The Morgan fingerprint density at radius 3 is 2.15 bits per heavy atom. The van der Waals surface area contributed by atoms with Gasteiger partial charge in [0.25, 0.3) is 10.0 Å². The molecule has 0 saturated heterocycles. The van der Waals surface area contributed by atoms with E-state index in [-0.39, 0.29) is 35.2 Å². The summed E-state index contributed by atoms with van der Waals surface area (Å²) in [5.41, 5.74) is 1.68. The topological polar surface area (TPSA) is 105 Å². The molecule has 0 aliphatic heterocycles. The maximum atomic E-state index is 14.0. The minimum absolute atomic E-state index is 0.0000562. The summed E-state index contributed by atoms with van der Waals surface area (Å²) in [5, 5.41) is 3.22. The molecule has 0 spiro atoms. The lowest BCUT2D eigenvalue weighted by molar-refractivity contribution is -0.140. The fourth-order valence-electron chi connectivity index (χ4n) is 4.27. The van der Waals surface area contributed by atoms with E-state index < -0.39 is 28.5 Å². The lowest BCUT2D eigenvalue weighted by atomic mass is 10.1. The SMILES string of the molecule is CC[C@@H](C(=O)NC)N(Cc1ccc(Cl)c(Cl)c1)C(=O)CN(c1ccc(OC)c(OC)c1)S(=O)(=O)c1ccc(C)cc1. The van der Waals surface area contributed by atoms with Crippen molar-refractivity contribution in [1.29, 1.82) is 0 Å². The van der Waals surface area contributed by atoms with Crippen molar-refractivity contribution in [3.05, 3.63) is 81.8 Å². The first-order chi connectivity index (χ1) is 19.5. The number of sulfonamides is 1. The predicted octanol–water partition coefficient (Wildman–Crippen LogP) is 5.07. The Kier molecular flexibility index (Phi) is 10.9. The van der Waals surface area contributed by atoms with E-state index in [1.54, 1.807) is 43.3 Å². The lowest BCUT2D eigenvalue weighted by Crippen LogP contribution is -2.51. The van der Waals surface area contributed by atoms with Gasteiger partial charge in [-0.05, 0) is 55.3 Å². The number of amides is 2. The van der Waals surface area contributed by atoms with Crippen molar-refractivity contribution in [3.8, 4) is 11.5 Å². The van der Waals surface area contributed by atoms with Crippen LogP contribution in [0.4, 0.5) is 5.69 Å². The van der Waals surface area contributed by atoms with Crippen LogP contribution in [0.3, 0.4) is 0 Å². The standard InChI is InChI=1S/C29H33Cl2N3O6S/c1-6-25(29(36)32-3)33(17-20-9-13-23(30)24(31)15-20)28(35)18-34(21-10-14-26(39-4)27(16-21)40-5)41(37,38)22-11-7-19(2)8-12-22/h7-16,25H,6,17-18H2,1-5H3,(H,32,36)/t25-/m0/s1. The Balaban J connectivity index is 2.12. The Bertz CT molecular complexity index is 1500. The molecule has 0 fully saturated rings. The van der Waals surface area contributed by atoms with Crippen LogP contribution in [0, 0.1) is 6.92 Å². The van der Waals surface area contributed by atoms with E-state index in [1.807, 2.05) is 6.92 Å². The third-order valence-corrected chi connectivity index (χ3v) is 9.04. The molecular weight excluding hydrogens is 589 g/mol. The van der Waals surface area contributed by atoms with Gasteiger partial charge in [-0.2, -0.15) is 0 Å². The van der Waals surface area contributed by atoms with Crippen LogP contribution in [0.25, 0.3) is 0 Å². The third kappa shape index (κ3) is 7.44. The van der Waals surface area contributed by atoms with Crippen LogP contribution < -0.4 is 19.1 Å². The molecule has 0 aromatic heterocycles. The second kappa shape index (κ2) is 13.9. The number of likely N-dealkylation sites (N-methyl/N-ethyl adjacent to an activating group) is 1. The molecular formula is C29H33Cl2N3O6S. The van der Waals surface area contributed by atoms with Gasteiger partial charge in [0.05, 0.1) is 34.8 Å². The maximum absolute atomic E-state index is 14.0. The summed E-state index contributed by atoms with van der Waals surface area (Å²) in [4.78, 5) is 28.2. The van der Waals surface area contributed by atoms with Gasteiger partial charge in [0.2, 0.25) is 11.8 Å². The van der Waals surface area contributed by atoms with E-state index in [4.69, 9.17) is 32.7 Å². The van der Waals surface area contributed by atoms with Crippen molar-refractivity contribution >= 4 is 50.7 Å². The van der Waals surface area contributed by atoms with Gasteiger partial charge in [-0.1, -0.05) is 53.9 Å². The lowest BCUT2D eigenvalue weighted by Gasteiger charge is -2.33. The summed E-state index contributed by atoms with van der Waals surface area (Å²) in [6.07, 6.45) is 0.286. The number of nitrogens with one attached hydrogen (secondary N) is 1. The Hall–Kier alpha value is -3.47. The van der Waals surface area contributed by atoms with E-state index in [2.05, 4.69) is 5.32 Å². The number of hydrogen-bond donors (Lipinski definition) is 1. The van der Waals surface area contributed by atoms with Crippen LogP contribution in [0.2, 0.25) is 10.0 Å². The smallest absolute Gasteiger partial charge is 0.264 e. The molecule has 3 aromatic carbocycles. The van der Waals surface area contributed by atoms with Crippen LogP contribution in [-0.2, 0) is 26.2 Å². The highest BCUT2D eigenvalue weighted by molar-refractivity contribution is 7.92. The molecule has 220 valence electrons. The molecule has 0 aliphatic carbocycles. The number of ether oxygens (including phenoxy) is 2. The van der Waals surface area contributed by atoms with Crippen molar-refractivity contribution in [1.82, 2.24) is 10.2 Å². The number of halogens is 2. The number of carbonyl (C=O) groups excluding carboxylic acids is 2. The van der Waals surface area contributed by atoms with E-state index in [1.165, 1.54) is 50.4 Å². The molecule has 2 amide bonds. The third-order valence-electron chi connectivity index (χ3n) is 6.51. The van der Waals surface area contributed by atoms with Gasteiger partial charge < -0.3 is 19.7 Å². The molecule has 0 bridgehead atoms. The number of carbonyl (C=O) groups is 2. The van der Waals surface area contributed by atoms with Gasteiger partial charge in [-0.3, -0.25) is 13.9 Å². The quantitative estimate of drug-likeness (QED) is 0.303. The largest absolute Gasteiger partial charge is 0.493 e. The minimum Gasteiger partial charge on any atom is -0.493 e. The van der Waals surface area contributed by atoms with Crippen LogP contribution in [-0.4, -0.2) is 59.0 Å². The van der Waals surface area contributed by atoms with Crippen LogP contribution >= 0.6 is 23.2 Å². The zero-order valence-corrected chi connectivity index (χ0v) is 25.8. The number of rotatable bonds is 12. The van der Waals surface area contributed by atoms with Gasteiger partial charge in [-0.15, -0.1) is 0 Å². The number of methoxy groups -OCH3 is 2. The number of anilines is 1. The molecule has 0 aliphatic rings. The Morgan fingerprint density at radius 2 is 1.59 bits per heavy atom. The molecule has 1 N–H and O–H groups in total. The zero-order chi connectivity index (χ0) is 30.3. The van der Waals surface area contributed by atoms with Gasteiger partial charge in [0.15, 0.2) is 11.5 Å². The summed E-state index contributed by atoms with van der Waals surface area (Å²) < 4.78 is 39.7. The molecule has 0 unspecified atom stereocenters. The van der Waals surface area contributed by atoms with Crippen LogP contribution in [0.5, 0.6) is 11.5 Å². The van der Waals surface area contributed by atoms with Gasteiger partial charge in [-0.25, -0.2) is 8.42 Å². The van der Waals surface area contributed by atoms with Crippen LogP contribution in [0.15, 0.2) is 65.6 Å². The first kappa shape index (κ1) is 32.0. The number of nitrogens with zero attached hydrogens (tertiary/aromatic N) is 2. The predicted molar refractivity (Wildman–Crippen MR) is 160 cm³/mol. The summed E-state index contributed by atoms with van der Waals surface area (Å²) in [6.45, 7) is 3.01. The van der Waals surface area contributed by atoms with Gasteiger partial charge in [0, 0.05) is 19.7 Å². The maximum Gasteiger partial charge on any atom is 0.264 e. The first-order valence-electron chi connectivity index (χ1n) is 12.7. The van der Waals surface area contributed by atoms with Crippen molar-refractivity contribution in [3.63, 3.8) is 0 Å². The molecule has 9 nitrogen and oxygen atoms in total. The van der Waals surface area contributed by atoms with Gasteiger partial charge in [0.1, 0.15) is 12.6 Å². The minimum atomic E-state index is -4.24. The molecule has 0 saturated carbocycles. The van der Waals surface area contributed by atoms with E-state index in [0.29, 0.717) is 21.4 Å². The highest BCUT2D eigenvalue weighted by Gasteiger charge is 2.34. The Morgan fingerprint density at radius 1 is 0.927 bits per heavy atom. The highest BCUT2D eigenvalue weighted by atomic mass is 35.5. The Labute approximate surface area is 251 Å². The molecule has 3 aromatic rings. The number of aryl methyl sites for hydroxylation is 1. The van der Waals surface area contributed by atoms with Crippen molar-refractivity contribution in [2.45, 2.75) is 37.8 Å². The van der Waals surface area contributed by atoms with E-state index in [0.717, 1.165) is 9.87 Å². The van der Waals surface area contributed by atoms with E-state index in [9.17, 15) is 18.0 Å². The van der Waals surface area contributed by atoms with Crippen molar-refractivity contribution in [2.24, 2.45) is 0 Å². The normalized spacial score (nSPS) is 11.9. The molecule has 1 atom stereocenters. The highest BCUT2D eigenvalue weighted by Crippen LogP contribution is 2.34. The fraction of sp³-hybridized carbons (Fsp3) is 0.310. The molecule has 0 radical (unpaired) electrons. The number of benzene rings is 3. The zero-order valence-electron chi connectivity index (χ0n) is 23.5. The molecule has 41 heavy (non-hydrogen) atoms. The summed E-state index contributed by atoms with van der Waals surface area (Å²) in [6, 6.07) is 14.9. The molecule has 0 heterocycles. The van der Waals surface area contributed by atoms with Crippen molar-refractivity contribution in [2.75, 3.05) is 32.1 Å². The molecule has 3 rings (SSSR count). The number of hydrogen-bond acceptors (Lipinski definition) is 6.